The molecule has 1 aromatic carbocycles. The number of amides is 1. The van der Waals surface area contributed by atoms with Crippen LogP contribution in [0.2, 0.25) is 0 Å². The van der Waals surface area contributed by atoms with E-state index in [-0.39, 0.29) is 24.4 Å². The van der Waals surface area contributed by atoms with Crippen molar-refractivity contribution in [1.29, 1.82) is 0 Å². The van der Waals surface area contributed by atoms with Crippen molar-refractivity contribution < 1.29 is 19.1 Å². The lowest BCUT2D eigenvalue weighted by Crippen LogP contribution is -2.43. The van der Waals surface area contributed by atoms with Crippen LogP contribution in [0.4, 0.5) is 0 Å². The van der Waals surface area contributed by atoms with Crippen LogP contribution in [0.15, 0.2) is 43.0 Å². The zero-order valence-electron chi connectivity index (χ0n) is 15.0. The van der Waals surface area contributed by atoms with Crippen molar-refractivity contribution in [1.82, 2.24) is 5.32 Å². The summed E-state index contributed by atoms with van der Waals surface area (Å²) in [6, 6.07) is 9.96. The molecule has 1 heterocycles. The van der Waals surface area contributed by atoms with Crippen LogP contribution in [0.25, 0.3) is 0 Å². The average Bonchev–Trinajstić information content (AvgIpc) is 2.94. The van der Waals surface area contributed by atoms with Gasteiger partial charge in [0.05, 0.1) is 17.9 Å². The molecule has 0 saturated carbocycles. The monoisotopic (exact) mass is 345 g/mol. The number of cyclic esters (lactones) is 1. The second kappa shape index (κ2) is 8.81. The second-order valence-electron chi connectivity index (χ2n) is 6.45. The first-order chi connectivity index (χ1) is 12.1. The number of carbonyl (C=O) groups is 2. The van der Waals surface area contributed by atoms with Crippen LogP contribution in [0, 0.1) is 5.41 Å². The summed E-state index contributed by atoms with van der Waals surface area (Å²) in [6.07, 6.45) is 2.86. The van der Waals surface area contributed by atoms with E-state index < -0.39 is 11.5 Å². The van der Waals surface area contributed by atoms with Crippen LogP contribution < -0.4 is 5.32 Å². The third kappa shape index (κ3) is 4.48. The van der Waals surface area contributed by atoms with E-state index in [1.54, 1.807) is 13.2 Å². The summed E-state index contributed by atoms with van der Waals surface area (Å²) in [5, 5.41) is 2.74. The van der Waals surface area contributed by atoms with Crippen LogP contribution in [0.3, 0.4) is 0 Å². The second-order valence-corrected chi connectivity index (χ2v) is 6.45. The van der Waals surface area contributed by atoms with Gasteiger partial charge in [-0.05, 0) is 12.0 Å². The van der Waals surface area contributed by atoms with E-state index >= 15 is 0 Å². The van der Waals surface area contributed by atoms with Crippen LogP contribution in [0.5, 0.6) is 0 Å². The smallest absolute Gasteiger partial charge is 0.315 e. The van der Waals surface area contributed by atoms with Crippen molar-refractivity contribution in [3.8, 4) is 0 Å². The summed E-state index contributed by atoms with van der Waals surface area (Å²) in [4.78, 5) is 24.7. The molecule has 136 valence electrons. The van der Waals surface area contributed by atoms with Gasteiger partial charge in [-0.15, -0.1) is 6.58 Å². The number of esters is 1. The lowest BCUT2D eigenvalue weighted by molar-refractivity contribution is -0.156. The summed E-state index contributed by atoms with van der Waals surface area (Å²) >= 11 is 0. The maximum Gasteiger partial charge on any atom is 0.315 e. The van der Waals surface area contributed by atoms with Gasteiger partial charge in [0.1, 0.15) is 6.10 Å². The third-order valence-electron chi connectivity index (χ3n) is 4.92. The minimum Gasteiger partial charge on any atom is -0.461 e. The van der Waals surface area contributed by atoms with E-state index in [0.717, 1.165) is 5.56 Å². The maximum absolute atomic E-state index is 12.7. The summed E-state index contributed by atoms with van der Waals surface area (Å²) in [6.45, 7) is 5.92. The normalized spacial score (nSPS) is 23.8. The number of carbonyl (C=O) groups excluding carboxylic acids is 2. The summed E-state index contributed by atoms with van der Waals surface area (Å²) < 4.78 is 11.2. The van der Waals surface area contributed by atoms with Gasteiger partial charge in [-0.25, -0.2) is 0 Å². The molecule has 2 rings (SSSR count). The number of rotatable bonds is 9. The first-order valence-corrected chi connectivity index (χ1v) is 8.71. The van der Waals surface area contributed by atoms with E-state index in [1.165, 1.54) is 0 Å². The highest BCUT2D eigenvalue weighted by Crippen LogP contribution is 2.43. The Bertz CT molecular complexity index is 601. The fourth-order valence-corrected chi connectivity index (χ4v) is 3.50. The van der Waals surface area contributed by atoms with Crippen LogP contribution in [0.1, 0.15) is 31.7 Å². The molecule has 25 heavy (non-hydrogen) atoms. The highest BCUT2D eigenvalue weighted by molar-refractivity contribution is 5.82. The molecule has 1 fully saturated rings. The zero-order chi connectivity index (χ0) is 18.3. The highest BCUT2D eigenvalue weighted by atomic mass is 16.6. The lowest BCUT2D eigenvalue weighted by Gasteiger charge is -2.31. The van der Waals surface area contributed by atoms with Gasteiger partial charge in [-0.2, -0.15) is 0 Å². The number of benzene rings is 1. The fraction of sp³-hybridized carbons (Fsp3) is 0.500. The van der Waals surface area contributed by atoms with Crippen molar-refractivity contribution in [2.24, 2.45) is 5.41 Å². The molecule has 0 unspecified atom stereocenters. The molecule has 1 aliphatic heterocycles. The Hall–Kier alpha value is -2.14. The lowest BCUT2D eigenvalue weighted by atomic mass is 9.75. The van der Waals surface area contributed by atoms with Crippen molar-refractivity contribution in [3.05, 3.63) is 48.6 Å². The van der Waals surface area contributed by atoms with Gasteiger partial charge >= 0.3 is 5.97 Å². The summed E-state index contributed by atoms with van der Waals surface area (Å²) in [5.41, 5.74) is 0.351. The Balaban J connectivity index is 2.09. The Morgan fingerprint density at radius 1 is 1.48 bits per heavy atom. The molecule has 1 aliphatic rings. The van der Waals surface area contributed by atoms with E-state index in [4.69, 9.17) is 9.47 Å². The number of hydrogen-bond acceptors (Lipinski definition) is 4. The van der Waals surface area contributed by atoms with Crippen molar-refractivity contribution in [3.63, 3.8) is 0 Å². The van der Waals surface area contributed by atoms with Crippen LogP contribution in [-0.4, -0.2) is 37.7 Å². The van der Waals surface area contributed by atoms with Gasteiger partial charge in [0.25, 0.3) is 0 Å². The van der Waals surface area contributed by atoms with Gasteiger partial charge in [0.2, 0.25) is 5.91 Å². The fourth-order valence-electron chi connectivity index (χ4n) is 3.50. The van der Waals surface area contributed by atoms with Gasteiger partial charge < -0.3 is 14.8 Å². The summed E-state index contributed by atoms with van der Waals surface area (Å²) in [5.74, 6) is -0.418. The largest absolute Gasteiger partial charge is 0.461 e. The molecular formula is C20H27NO4. The molecule has 0 bridgehead atoms. The maximum atomic E-state index is 12.7. The number of methoxy groups -OCH3 is 1. The number of ether oxygens (including phenoxy) is 2. The molecule has 1 N–H and O–H groups in total. The zero-order valence-corrected chi connectivity index (χ0v) is 15.0. The van der Waals surface area contributed by atoms with Gasteiger partial charge in [-0.1, -0.05) is 43.3 Å². The molecule has 0 aliphatic carbocycles. The standard InChI is InChI=1S/C20H27NO4/c1-4-11-21-18(22)13-17(24-3)20(5-2)14-16(25-19(20)23)12-15-9-7-6-8-10-15/h4,6-10,16-17H,1,5,11-14H2,2-3H3,(H,21,22)/t16-,17-,20+/m0/s1. The Morgan fingerprint density at radius 2 is 2.20 bits per heavy atom. The molecule has 1 aromatic rings. The Kier molecular flexibility index (Phi) is 6.76. The minimum atomic E-state index is -0.778. The summed E-state index contributed by atoms with van der Waals surface area (Å²) in [7, 11) is 1.54. The van der Waals surface area contributed by atoms with E-state index in [9.17, 15) is 9.59 Å². The Morgan fingerprint density at radius 3 is 2.80 bits per heavy atom. The van der Waals surface area contributed by atoms with Crippen molar-refractivity contribution >= 4 is 11.9 Å². The quantitative estimate of drug-likeness (QED) is 0.552. The first-order valence-electron chi connectivity index (χ1n) is 8.71. The Labute approximate surface area is 149 Å². The highest BCUT2D eigenvalue weighted by Gasteiger charge is 2.53. The molecule has 0 spiro atoms. The predicted octanol–water partition coefficient (Wildman–Crippen LogP) is 2.65. The molecule has 0 aromatic heterocycles. The molecule has 0 radical (unpaired) electrons. The average molecular weight is 345 g/mol. The molecule has 3 atom stereocenters. The first kappa shape index (κ1) is 19.2. The molecule has 5 nitrogen and oxygen atoms in total. The number of hydrogen-bond donors (Lipinski definition) is 1. The number of nitrogens with one attached hydrogen (secondary N) is 1. The van der Waals surface area contributed by atoms with Gasteiger partial charge in [0.15, 0.2) is 0 Å². The minimum absolute atomic E-state index is 0.130. The molecule has 1 saturated heterocycles. The van der Waals surface area contributed by atoms with Gasteiger partial charge in [0, 0.05) is 26.5 Å². The third-order valence-corrected chi connectivity index (χ3v) is 4.92. The van der Waals surface area contributed by atoms with E-state index in [1.807, 2.05) is 37.3 Å². The SMILES string of the molecule is C=CCNC(=O)C[C@H](OC)[C@@]1(CC)C[C@H](Cc2ccccc2)OC1=O. The topological polar surface area (TPSA) is 64.6 Å². The van der Waals surface area contributed by atoms with Crippen molar-refractivity contribution in [2.75, 3.05) is 13.7 Å². The molecule has 1 amide bonds. The van der Waals surface area contributed by atoms with Crippen molar-refractivity contribution in [2.45, 2.75) is 44.8 Å². The molecule has 5 heteroatoms. The molecular weight excluding hydrogens is 318 g/mol. The van der Waals surface area contributed by atoms with Crippen LogP contribution >= 0.6 is 0 Å². The van der Waals surface area contributed by atoms with E-state index in [0.29, 0.717) is 25.8 Å². The van der Waals surface area contributed by atoms with E-state index in [2.05, 4.69) is 11.9 Å². The predicted molar refractivity (Wildman–Crippen MR) is 96.0 cm³/mol. The van der Waals surface area contributed by atoms with Crippen LogP contribution in [-0.2, 0) is 25.5 Å². The van der Waals surface area contributed by atoms with Gasteiger partial charge in [-0.3, -0.25) is 9.59 Å².